The first-order valence-corrected chi connectivity index (χ1v) is 8.08. The van der Waals surface area contributed by atoms with Crippen molar-refractivity contribution in [2.45, 2.75) is 23.8 Å². The van der Waals surface area contributed by atoms with Crippen molar-refractivity contribution in [2.75, 3.05) is 25.5 Å². The molecule has 0 spiro atoms. The Morgan fingerprint density at radius 3 is 2.81 bits per heavy atom. The zero-order valence-electron chi connectivity index (χ0n) is 11.6. The quantitative estimate of drug-likeness (QED) is 0.720. The molecule has 7 nitrogen and oxygen atoms in total. The normalized spacial score (nSPS) is 18.6. The summed E-state index contributed by atoms with van der Waals surface area (Å²) in [5, 5.41) is 12.0. The first kappa shape index (κ1) is 15.7. The summed E-state index contributed by atoms with van der Waals surface area (Å²) in [6.45, 7) is 1.20. The van der Waals surface area contributed by atoms with Crippen LogP contribution in [0.5, 0.6) is 0 Å². The van der Waals surface area contributed by atoms with Gasteiger partial charge in [0.2, 0.25) is 10.0 Å². The summed E-state index contributed by atoms with van der Waals surface area (Å²) < 4.78 is 31.7. The van der Waals surface area contributed by atoms with Gasteiger partial charge < -0.3 is 15.2 Å². The Balaban J connectivity index is 2.28. The number of anilines is 1. The predicted octanol–water partition coefficient (Wildman–Crippen LogP) is 0.884. The smallest absolute Gasteiger partial charge is 0.335 e. The summed E-state index contributed by atoms with van der Waals surface area (Å²) in [6, 6.07) is 3.98. The molecule has 116 valence electrons. The second-order valence-electron chi connectivity index (χ2n) is 4.74. The van der Waals surface area contributed by atoms with Crippen molar-refractivity contribution in [1.82, 2.24) is 4.72 Å². The topological polar surface area (TPSA) is 105 Å². The van der Waals surface area contributed by atoms with Crippen molar-refractivity contribution in [3.63, 3.8) is 0 Å². The molecule has 1 fully saturated rings. The molecular weight excluding hydrogens is 296 g/mol. The number of ether oxygens (including phenoxy) is 1. The molecule has 1 aromatic rings. The highest BCUT2D eigenvalue weighted by Gasteiger charge is 2.21. The summed E-state index contributed by atoms with van der Waals surface area (Å²) >= 11 is 0. The third kappa shape index (κ3) is 3.72. The van der Waals surface area contributed by atoms with Crippen LogP contribution in [0, 0.1) is 0 Å². The van der Waals surface area contributed by atoms with E-state index >= 15 is 0 Å². The van der Waals surface area contributed by atoms with Gasteiger partial charge in [-0.05, 0) is 38.1 Å². The van der Waals surface area contributed by atoms with E-state index in [4.69, 9.17) is 9.84 Å². The van der Waals surface area contributed by atoms with Gasteiger partial charge >= 0.3 is 5.97 Å². The fourth-order valence-electron chi connectivity index (χ4n) is 2.16. The van der Waals surface area contributed by atoms with Crippen LogP contribution in [0.3, 0.4) is 0 Å². The van der Waals surface area contributed by atoms with E-state index in [1.54, 1.807) is 0 Å². The number of carbonyl (C=O) groups is 1. The van der Waals surface area contributed by atoms with Gasteiger partial charge in [-0.2, -0.15) is 0 Å². The molecule has 1 aromatic carbocycles. The van der Waals surface area contributed by atoms with E-state index in [9.17, 15) is 13.2 Å². The molecular formula is C13H18N2O5S. The summed E-state index contributed by atoms with van der Waals surface area (Å²) in [5.74, 6) is -1.17. The van der Waals surface area contributed by atoms with Crippen LogP contribution in [-0.4, -0.2) is 45.8 Å². The molecule has 1 heterocycles. The molecule has 0 radical (unpaired) electrons. The van der Waals surface area contributed by atoms with E-state index in [1.807, 2.05) is 0 Å². The van der Waals surface area contributed by atoms with Gasteiger partial charge in [-0.15, -0.1) is 0 Å². The van der Waals surface area contributed by atoms with Crippen LogP contribution in [-0.2, 0) is 14.8 Å². The van der Waals surface area contributed by atoms with Crippen molar-refractivity contribution in [3.8, 4) is 0 Å². The van der Waals surface area contributed by atoms with Gasteiger partial charge in [-0.25, -0.2) is 17.9 Å². The summed E-state index contributed by atoms with van der Waals surface area (Å²) in [4.78, 5) is 10.9. The number of rotatable bonds is 6. The van der Waals surface area contributed by atoms with E-state index in [1.165, 1.54) is 19.2 Å². The van der Waals surface area contributed by atoms with Gasteiger partial charge in [0.25, 0.3) is 0 Å². The second kappa shape index (κ2) is 6.42. The average Bonchev–Trinajstić information content (AvgIpc) is 2.98. The molecule has 0 bridgehead atoms. The van der Waals surface area contributed by atoms with Crippen molar-refractivity contribution < 1.29 is 23.1 Å². The molecule has 8 heteroatoms. The number of sulfonamides is 1. The molecule has 0 aromatic heterocycles. The van der Waals surface area contributed by atoms with Crippen LogP contribution in [0.2, 0.25) is 0 Å². The van der Waals surface area contributed by atoms with Crippen LogP contribution >= 0.6 is 0 Å². The fraction of sp³-hybridized carbons (Fsp3) is 0.462. The Morgan fingerprint density at radius 1 is 1.48 bits per heavy atom. The first-order chi connectivity index (χ1) is 9.94. The summed E-state index contributed by atoms with van der Waals surface area (Å²) in [5.41, 5.74) is 0.288. The average molecular weight is 314 g/mol. The van der Waals surface area contributed by atoms with Gasteiger partial charge in [-0.3, -0.25) is 0 Å². The Kier molecular flexibility index (Phi) is 4.81. The lowest BCUT2D eigenvalue weighted by Gasteiger charge is -2.15. The molecule has 1 aliphatic heterocycles. The highest BCUT2D eigenvalue weighted by atomic mass is 32.2. The molecule has 0 unspecified atom stereocenters. The largest absolute Gasteiger partial charge is 0.478 e. The third-order valence-electron chi connectivity index (χ3n) is 3.33. The van der Waals surface area contributed by atoms with Crippen LogP contribution in [0.15, 0.2) is 23.1 Å². The molecule has 0 aliphatic carbocycles. The highest BCUT2D eigenvalue weighted by molar-refractivity contribution is 7.89. The number of hydrogen-bond acceptors (Lipinski definition) is 5. The van der Waals surface area contributed by atoms with Gasteiger partial charge in [0, 0.05) is 13.2 Å². The van der Waals surface area contributed by atoms with Gasteiger partial charge in [-0.1, -0.05) is 0 Å². The molecule has 1 saturated heterocycles. The van der Waals surface area contributed by atoms with Gasteiger partial charge in [0.05, 0.1) is 17.4 Å². The third-order valence-corrected chi connectivity index (χ3v) is 4.79. The monoisotopic (exact) mass is 314 g/mol. The van der Waals surface area contributed by atoms with E-state index in [0.717, 1.165) is 18.9 Å². The molecule has 1 aliphatic rings. The van der Waals surface area contributed by atoms with E-state index in [2.05, 4.69) is 10.0 Å². The van der Waals surface area contributed by atoms with E-state index in [-0.39, 0.29) is 16.6 Å². The minimum absolute atomic E-state index is 0.0503. The zero-order valence-corrected chi connectivity index (χ0v) is 12.4. The Hall–Kier alpha value is -1.64. The number of hydrogen-bond donors (Lipinski definition) is 3. The Bertz CT molecular complexity index is 623. The SMILES string of the molecule is CNS(=O)(=O)c1cc(C(=O)O)ccc1NC[C@H]1CCCO1. The predicted molar refractivity (Wildman–Crippen MR) is 77.1 cm³/mol. The lowest BCUT2D eigenvalue weighted by Crippen LogP contribution is -2.23. The Morgan fingerprint density at radius 2 is 2.24 bits per heavy atom. The first-order valence-electron chi connectivity index (χ1n) is 6.60. The maximum atomic E-state index is 12.0. The molecule has 3 N–H and O–H groups in total. The second-order valence-corrected chi connectivity index (χ2v) is 6.59. The number of carboxylic acids is 1. The fourth-order valence-corrected chi connectivity index (χ4v) is 3.09. The Labute approximate surface area is 123 Å². The van der Waals surface area contributed by atoms with Gasteiger partial charge in [0.15, 0.2) is 0 Å². The van der Waals surface area contributed by atoms with Crippen molar-refractivity contribution in [3.05, 3.63) is 23.8 Å². The summed E-state index contributed by atoms with van der Waals surface area (Å²) in [7, 11) is -2.46. The van der Waals surface area contributed by atoms with E-state index < -0.39 is 16.0 Å². The molecule has 0 amide bonds. The van der Waals surface area contributed by atoms with E-state index in [0.29, 0.717) is 18.8 Å². The minimum Gasteiger partial charge on any atom is -0.478 e. The van der Waals surface area contributed by atoms with Gasteiger partial charge in [0.1, 0.15) is 4.90 Å². The molecule has 2 rings (SSSR count). The highest BCUT2D eigenvalue weighted by Crippen LogP contribution is 2.23. The maximum Gasteiger partial charge on any atom is 0.335 e. The van der Waals surface area contributed by atoms with Crippen LogP contribution in [0.4, 0.5) is 5.69 Å². The minimum atomic E-state index is -3.75. The molecule has 21 heavy (non-hydrogen) atoms. The van der Waals surface area contributed by atoms with Crippen molar-refractivity contribution in [1.29, 1.82) is 0 Å². The number of nitrogens with one attached hydrogen (secondary N) is 2. The lowest BCUT2D eigenvalue weighted by atomic mass is 10.2. The number of carboxylic acid groups (broad SMARTS) is 1. The maximum absolute atomic E-state index is 12.0. The lowest BCUT2D eigenvalue weighted by molar-refractivity contribution is 0.0696. The van der Waals surface area contributed by atoms with Crippen molar-refractivity contribution >= 4 is 21.7 Å². The van der Waals surface area contributed by atoms with Crippen LogP contribution < -0.4 is 10.0 Å². The van der Waals surface area contributed by atoms with Crippen LogP contribution in [0.25, 0.3) is 0 Å². The molecule has 1 atom stereocenters. The molecule has 0 saturated carbocycles. The van der Waals surface area contributed by atoms with Crippen molar-refractivity contribution in [2.24, 2.45) is 0 Å². The zero-order chi connectivity index (χ0) is 15.5. The number of benzene rings is 1. The van der Waals surface area contributed by atoms with Crippen LogP contribution in [0.1, 0.15) is 23.2 Å². The number of aromatic carboxylic acids is 1. The standard InChI is InChI=1S/C13H18N2O5S/c1-14-21(18,19)12-7-9(13(16)17)4-5-11(12)15-8-10-3-2-6-20-10/h4-5,7,10,14-15H,2-3,6,8H2,1H3,(H,16,17)/t10-/m1/s1. The summed E-state index contributed by atoms with van der Waals surface area (Å²) in [6.07, 6.45) is 1.97.